The molecule has 174 valence electrons. The van der Waals surface area contributed by atoms with Crippen LogP contribution in [0, 0.1) is 0 Å². The van der Waals surface area contributed by atoms with E-state index in [1.807, 2.05) is 54.6 Å². The third kappa shape index (κ3) is 4.46. The van der Waals surface area contributed by atoms with Crippen LogP contribution in [0.1, 0.15) is 0 Å². The molecule has 1 aliphatic rings. The summed E-state index contributed by atoms with van der Waals surface area (Å²) in [6, 6.07) is 26.3. The first-order valence-electron chi connectivity index (χ1n) is 11.0. The zero-order chi connectivity index (χ0) is 23.5. The molecule has 1 aliphatic heterocycles. The topological polar surface area (TPSA) is 75.5 Å². The minimum absolute atomic E-state index is 0.0200. The highest BCUT2D eigenvalue weighted by atomic mass is 32.2. The predicted molar refractivity (Wildman–Crippen MR) is 134 cm³/mol. The number of aromatic nitrogens is 2. The second kappa shape index (κ2) is 9.61. The average molecular weight is 493 g/mol. The summed E-state index contributed by atoms with van der Waals surface area (Å²) < 4.78 is 29.2. The number of hydrogen-bond acceptors (Lipinski definition) is 5. The average Bonchev–Trinajstić information content (AvgIpc) is 3.27. The van der Waals surface area contributed by atoms with E-state index in [1.54, 1.807) is 35.2 Å². The molecule has 0 N–H and O–H groups in total. The number of rotatable bonds is 6. The van der Waals surface area contributed by atoms with Crippen LogP contribution in [0.3, 0.4) is 0 Å². The Morgan fingerprint density at radius 2 is 1.44 bits per heavy atom. The fourth-order valence-corrected chi connectivity index (χ4v) is 6.44. The van der Waals surface area contributed by atoms with Gasteiger partial charge < -0.3 is 4.90 Å². The summed E-state index contributed by atoms with van der Waals surface area (Å²) in [5.41, 5.74) is 2.86. The fraction of sp³-hybridized carbons (Fsp3) is 0.200. The minimum Gasteiger partial charge on any atom is -0.339 e. The summed E-state index contributed by atoms with van der Waals surface area (Å²) >= 11 is 1.40. The van der Waals surface area contributed by atoms with Crippen molar-refractivity contribution >= 4 is 38.7 Å². The van der Waals surface area contributed by atoms with E-state index in [2.05, 4.69) is 4.57 Å². The van der Waals surface area contributed by atoms with Crippen molar-refractivity contribution in [3.8, 4) is 5.69 Å². The van der Waals surface area contributed by atoms with Crippen LogP contribution in [0.5, 0.6) is 0 Å². The minimum atomic E-state index is -3.54. The molecule has 9 heteroatoms. The van der Waals surface area contributed by atoms with E-state index in [1.165, 1.54) is 16.1 Å². The number of carbonyl (C=O) groups excluding carboxylic acids is 1. The molecule has 0 unspecified atom stereocenters. The smallest absolute Gasteiger partial charge is 0.243 e. The first-order valence-corrected chi connectivity index (χ1v) is 13.5. The molecular formula is C25H24N4O3S2. The number of para-hydroxylation sites is 3. The Balaban J connectivity index is 1.26. The Hall–Kier alpha value is -3.14. The van der Waals surface area contributed by atoms with Crippen LogP contribution >= 0.6 is 11.8 Å². The summed E-state index contributed by atoms with van der Waals surface area (Å²) in [7, 11) is -3.54. The Labute approximate surface area is 203 Å². The van der Waals surface area contributed by atoms with Gasteiger partial charge in [-0.3, -0.25) is 9.36 Å². The van der Waals surface area contributed by atoms with Crippen molar-refractivity contribution in [2.24, 2.45) is 0 Å². The molecule has 0 saturated carbocycles. The third-order valence-corrected chi connectivity index (χ3v) is 8.68. The van der Waals surface area contributed by atoms with Crippen molar-refractivity contribution in [3.63, 3.8) is 0 Å². The maximum absolute atomic E-state index is 13.0. The summed E-state index contributed by atoms with van der Waals surface area (Å²) in [5, 5.41) is 0.756. The summed E-state index contributed by atoms with van der Waals surface area (Å²) in [6.07, 6.45) is 0. The monoisotopic (exact) mass is 492 g/mol. The Morgan fingerprint density at radius 3 is 2.15 bits per heavy atom. The Morgan fingerprint density at radius 1 is 0.824 bits per heavy atom. The second-order valence-corrected chi connectivity index (χ2v) is 10.8. The number of benzene rings is 3. The summed E-state index contributed by atoms with van der Waals surface area (Å²) in [5.74, 6) is 0.218. The number of amides is 1. The number of thioether (sulfide) groups is 1. The SMILES string of the molecule is O=C(CSc1nc2ccccc2n1-c1ccccc1)N1CCN(S(=O)(=O)c2ccccc2)CC1. The van der Waals surface area contributed by atoms with Gasteiger partial charge in [0.15, 0.2) is 5.16 Å². The van der Waals surface area contributed by atoms with Crippen LogP contribution in [0.25, 0.3) is 16.7 Å². The second-order valence-electron chi connectivity index (χ2n) is 7.94. The van der Waals surface area contributed by atoms with E-state index >= 15 is 0 Å². The molecule has 0 atom stereocenters. The summed E-state index contributed by atoms with van der Waals surface area (Å²) in [4.78, 5) is 19.7. The third-order valence-electron chi connectivity index (χ3n) is 5.84. The van der Waals surface area contributed by atoms with Gasteiger partial charge in [-0.2, -0.15) is 4.31 Å². The van der Waals surface area contributed by atoms with Gasteiger partial charge in [0, 0.05) is 31.9 Å². The highest BCUT2D eigenvalue weighted by molar-refractivity contribution is 7.99. The van der Waals surface area contributed by atoms with Crippen LogP contribution in [-0.4, -0.2) is 65.0 Å². The van der Waals surface area contributed by atoms with Crippen molar-refractivity contribution in [1.29, 1.82) is 0 Å². The van der Waals surface area contributed by atoms with Gasteiger partial charge >= 0.3 is 0 Å². The molecule has 34 heavy (non-hydrogen) atoms. The van der Waals surface area contributed by atoms with Gasteiger partial charge in [0.2, 0.25) is 15.9 Å². The maximum atomic E-state index is 13.0. The zero-order valence-corrected chi connectivity index (χ0v) is 20.1. The number of fused-ring (bicyclic) bond motifs is 1. The lowest BCUT2D eigenvalue weighted by Gasteiger charge is -2.34. The van der Waals surface area contributed by atoms with Crippen molar-refractivity contribution in [1.82, 2.24) is 18.8 Å². The van der Waals surface area contributed by atoms with Crippen LogP contribution in [0.2, 0.25) is 0 Å². The maximum Gasteiger partial charge on any atom is 0.243 e. The van der Waals surface area contributed by atoms with Crippen LogP contribution in [0.4, 0.5) is 0 Å². The number of imidazole rings is 1. The number of sulfonamides is 1. The molecule has 5 rings (SSSR count). The number of carbonyl (C=O) groups is 1. The van der Waals surface area contributed by atoms with Gasteiger partial charge in [0.05, 0.1) is 21.7 Å². The van der Waals surface area contributed by atoms with E-state index in [0.29, 0.717) is 13.1 Å². The number of nitrogens with zero attached hydrogens (tertiary/aromatic N) is 4. The molecule has 1 aromatic heterocycles. The molecular weight excluding hydrogens is 468 g/mol. The normalized spacial score (nSPS) is 15.0. The van der Waals surface area contributed by atoms with Crippen molar-refractivity contribution in [2.75, 3.05) is 31.9 Å². The van der Waals surface area contributed by atoms with Gasteiger partial charge in [-0.25, -0.2) is 13.4 Å². The first-order chi connectivity index (χ1) is 16.5. The van der Waals surface area contributed by atoms with E-state index in [-0.39, 0.29) is 29.6 Å². The van der Waals surface area contributed by atoms with Crippen LogP contribution in [-0.2, 0) is 14.8 Å². The molecule has 7 nitrogen and oxygen atoms in total. The standard InChI is InChI=1S/C25H24N4O3S2/c30-24(27-15-17-28(18-16-27)34(31,32)21-11-5-2-6-12-21)19-33-25-26-22-13-7-8-14-23(22)29(25)20-9-3-1-4-10-20/h1-14H,15-19H2. The summed E-state index contributed by atoms with van der Waals surface area (Å²) in [6.45, 7) is 1.33. The zero-order valence-electron chi connectivity index (χ0n) is 18.4. The van der Waals surface area contributed by atoms with E-state index in [9.17, 15) is 13.2 Å². The molecule has 1 saturated heterocycles. The highest BCUT2D eigenvalue weighted by Gasteiger charge is 2.30. The largest absolute Gasteiger partial charge is 0.339 e. The van der Waals surface area contributed by atoms with E-state index in [4.69, 9.17) is 4.98 Å². The van der Waals surface area contributed by atoms with Gasteiger partial charge in [0.25, 0.3) is 0 Å². The molecule has 1 amide bonds. The van der Waals surface area contributed by atoms with Crippen LogP contribution < -0.4 is 0 Å². The van der Waals surface area contributed by atoms with Gasteiger partial charge in [-0.1, -0.05) is 60.3 Å². The molecule has 3 aromatic carbocycles. The lowest BCUT2D eigenvalue weighted by molar-refractivity contribution is -0.129. The van der Waals surface area contributed by atoms with Gasteiger partial charge in [-0.15, -0.1) is 0 Å². The van der Waals surface area contributed by atoms with E-state index in [0.717, 1.165) is 21.9 Å². The molecule has 0 bridgehead atoms. The fourth-order valence-electron chi connectivity index (χ4n) is 4.06. The molecule has 0 radical (unpaired) electrons. The number of hydrogen-bond donors (Lipinski definition) is 0. The lowest BCUT2D eigenvalue weighted by Crippen LogP contribution is -2.50. The van der Waals surface area contributed by atoms with Crippen molar-refractivity contribution in [3.05, 3.63) is 84.9 Å². The van der Waals surface area contributed by atoms with Gasteiger partial charge in [-0.05, 0) is 36.4 Å². The molecule has 1 fully saturated rings. The lowest BCUT2D eigenvalue weighted by atomic mass is 10.3. The van der Waals surface area contributed by atoms with E-state index < -0.39 is 10.0 Å². The molecule has 0 spiro atoms. The Kier molecular flexibility index (Phi) is 6.40. The quantitative estimate of drug-likeness (QED) is 0.384. The molecule has 2 heterocycles. The molecule has 0 aliphatic carbocycles. The van der Waals surface area contributed by atoms with Crippen LogP contribution in [0.15, 0.2) is 95.0 Å². The van der Waals surface area contributed by atoms with Gasteiger partial charge in [0.1, 0.15) is 0 Å². The highest BCUT2D eigenvalue weighted by Crippen LogP contribution is 2.28. The number of piperazine rings is 1. The van der Waals surface area contributed by atoms with Crippen molar-refractivity contribution < 1.29 is 13.2 Å². The Bertz CT molecular complexity index is 1400. The first kappa shape index (κ1) is 22.6. The molecule has 4 aromatic rings. The van der Waals surface area contributed by atoms with Crippen molar-refractivity contribution in [2.45, 2.75) is 10.1 Å². The predicted octanol–water partition coefficient (Wildman–Crippen LogP) is 3.65.